The summed E-state index contributed by atoms with van der Waals surface area (Å²) in [5.74, 6) is -0.386. The Kier molecular flexibility index (Phi) is 1.81. The van der Waals surface area contributed by atoms with Crippen LogP contribution in [0, 0.1) is 6.92 Å². The van der Waals surface area contributed by atoms with Crippen LogP contribution in [0.25, 0.3) is 10.9 Å². The number of carbonyl (C=O) groups is 1. The maximum absolute atomic E-state index is 11.1. The molecule has 0 unspecified atom stereocenters. The number of primary amides is 1. The summed E-state index contributed by atoms with van der Waals surface area (Å²) in [4.78, 5) is 11.1. The predicted octanol–water partition coefficient (Wildman–Crippen LogP) is 1.59. The van der Waals surface area contributed by atoms with Crippen molar-refractivity contribution in [2.45, 2.75) is 6.92 Å². The lowest BCUT2D eigenvalue weighted by atomic mass is 10.1. The first-order valence-electron chi connectivity index (χ1n) is 4.46. The molecule has 1 amide bonds. The van der Waals surface area contributed by atoms with E-state index in [0.717, 1.165) is 16.5 Å². The Morgan fingerprint density at radius 3 is 2.71 bits per heavy atom. The van der Waals surface area contributed by atoms with E-state index < -0.39 is 0 Å². The summed E-state index contributed by atoms with van der Waals surface area (Å²) in [6, 6.07) is 7.82. The average Bonchev–Trinajstić information content (AvgIpc) is 2.46. The zero-order valence-corrected chi connectivity index (χ0v) is 8.24. The standard InChI is InChI=1S/C11H12N2O/c1-7-4-3-5-9-8(7)6-10(11(12)14)13(9)2/h3-6H,1-2H3,(H2,12,14). The highest BCUT2D eigenvalue weighted by atomic mass is 16.1. The van der Waals surface area contributed by atoms with Crippen LogP contribution >= 0.6 is 0 Å². The van der Waals surface area contributed by atoms with E-state index in [2.05, 4.69) is 0 Å². The van der Waals surface area contributed by atoms with E-state index in [9.17, 15) is 4.79 Å². The number of amides is 1. The first-order chi connectivity index (χ1) is 6.61. The quantitative estimate of drug-likeness (QED) is 0.725. The van der Waals surface area contributed by atoms with Gasteiger partial charge < -0.3 is 10.3 Å². The molecule has 72 valence electrons. The van der Waals surface area contributed by atoms with Crippen molar-refractivity contribution in [3.8, 4) is 0 Å². The van der Waals surface area contributed by atoms with E-state index in [-0.39, 0.29) is 5.91 Å². The van der Waals surface area contributed by atoms with E-state index in [0.29, 0.717) is 5.69 Å². The SMILES string of the molecule is Cc1cccc2c1cc(C(N)=O)n2C. The number of hydrogen-bond donors (Lipinski definition) is 1. The number of rotatable bonds is 1. The fourth-order valence-corrected chi connectivity index (χ4v) is 1.75. The number of aromatic nitrogens is 1. The number of hydrogen-bond acceptors (Lipinski definition) is 1. The molecule has 0 aliphatic rings. The van der Waals surface area contributed by atoms with Gasteiger partial charge >= 0.3 is 0 Å². The smallest absolute Gasteiger partial charge is 0.265 e. The molecule has 1 heterocycles. The van der Waals surface area contributed by atoms with Crippen molar-refractivity contribution in [1.29, 1.82) is 0 Å². The number of nitrogens with two attached hydrogens (primary N) is 1. The van der Waals surface area contributed by atoms with Crippen molar-refractivity contribution in [3.05, 3.63) is 35.5 Å². The lowest BCUT2D eigenvalue weighted by Crippen LogP contribution is -2.14. The van der Waals surface area contributed by atoms with Gasteiger partial charge in [0.15, 0.2) is 0 Å². The summed E-state index contributed by atoms with van der Waals surface area (Å²) in [6.07, 6.45) is 0. The molecule has 0 aliphatic carbocycles. The van der Waals surface area contributed by atoms with Crippen molar-refractivity contribution in [1.82, 2.24) is 4.57 Å². The zero-order valence-electron chi connectivity index (χ0n) is 8.24. The maximum atomic E-state index is 11.1. The molecule has 14 heavy (non-hydrogen) atoms. The van der Waals surface area contributed by atoms with Gasteiger partial charge in [-0.2, -0.15) is 0 Å². The van der Waals surface area contributed by atoms with E-state index >= 15 is 0 Å². The minimum absolute atomic E-state index is 0.386. The molecular weight excluding hydrogens is 176 g/mol. The fourth-order valence-electron chi connectivity index (χ4n) is 1.75. The Labute approximate surface area is 82.1 Å². The lowest BCUT2D eigenvalue weighted by molar-refractivity contribution is 0.0993. The van der Waals surface area contributed by atoms with E-state index in [4.69, 9.17) is 5.73 Å². The molecule has 2 N–H and O–H groups in total. The zero-order chi connectivity index (χ0) is 10.3. The topological polar surface area (TPSA) is 48.0 Å². The molecule has 0 fully saturated rings. The van der Waals surface area contributed by atoms with Gasteiger partial charge in [0.05, 0.1) is 0 Å². The van der Waals surface area contributed by atoms with E-state index in [1.165, 1.54) is 0 Å². The number of benzene rings is 1. The van der Waals surface area contributed by atoms with Gasteiger partial charge in [-0.15, -0.1) is 0 Å². The highest BCUT2D eigenvalue weighted by Crippen LogP contribution is 2.21. The second-order valence-corrected chi connectivity index (χ2v) is 3.46. The van der Waals surface area contributed by atoms with Gasteiger partial charge in [-0.25, -0.2) is 0 Å². The number of fused-ring (bicyclic) bond motifs is 1. The first kappa shape index (κ1) is 8.81. The normalized spacial score (nSPS) is 10.7. The fraction of sp³-hybridized carbons (Fsp3) is 0.182. The third kappa shape index (κ3) is 1.09. The third-order valence-corrected chi connectivity index (χ3v) is 2.56. The summed E-state index contributed by atoms with van der Waals surface area (Å²) in [5.41, 5.74) is 8.02. The Balaban J connectivity index is 2.86. The average molecular weight is 188 g/mol. The van der Waals surface area contributed by atoms with Gasteiger partial charge in [-0.1, -0.05) is 12.1 Å². The highest BCUT2D eigenvalue weighted by Gasteiger charge is 2.10. The van der Waals surface area contributed by atoms with Crippen LogP contribution < -0.4 is 5.73 Å². The molecule has 0 radical (unpaired) electrons. The second-order valence-electron chi connectivity index (χ2n) is 3.46. The van der Waals surface area contributed by atoms with Gasteiger partial charge in [-0.3, -0.25) is 4.79 Å². The molecule has 1 aromatic carbocycles. The summed E-state index contributed by atoms with van der Waals surface area (Å²) in [6.45, 7) is 2.02. The van der Waals surface area contributed by atoms with Crippen molar-refractivity contribution < 1.29 is 4.79 Å². The molecule has 2 rings (SSSR count). The largest absolute Gasteiger partial charge is 0.364 e. The number of nitrogens with zero attached hydrogens (tertiary/aromatic N) is 1. The molecule has 3 nitrogen and oxygen atoms in total. The Morgan fingerprint density at radius 2 is 2.14 bits per heavy atom. The van der Waals surface area contributed by atoms with Gasteiger partial charge in [0.25, 0.3) is 5.91 Å². The molecular formula is C11H12N2O. The third-order valence-electron chi connectivity index (χ3n) is 2.56. The monoisotopic (exact) mass is 188 g/mol. The van der Waals surface area contributed by atoms with Crippen molar-refractivity contribution in [3.63, 3.8) is 0 Å². The highest BCUT2D eigenvalue weighted by molar-refractivity contribution is 5.98. The summed E-state index contributed by atoms with van der Waals surface area (Å²) >= 11 is 0. The van der Waals surface area contributed by atoms with Gasteiger partial charge in [0.2, 0.25) is 0 Å². The molecule has 0 aliphatic heterocycles. The first-order valence-corrected chi connectivity index (χ1v) is 4.46. The van der Waals surface area contributed by atoms with Crippen molar-refractivity contribution in [2.75, 3.05) is 0 Å². The van der Waals surface area contributed by atoms with Crippen LogP contribution in [-0.4, -0.2) is 10.5 Å². The Bertz CT molecular complexity index is 511. The summed E-state index contributed by atoms with van der Waals surface area (Å²) in [7, 11) is 1.85. The summed E-state index contributed by atoms with van der Waals surface area (Å²) < 4.78 is 1.82. The second kappa shape index (κ2) is 2.87. The summed E-state index contributed by atoms with van der Waals surface area (Å²) in [5, 5.41) is 1.09. The molecule has 0 saturated heterocycles. The minimum atomic E-state index is -0.386. The molecule has 3 heteroatoms. The van der Waals surface area contributed by atoms with Crippen LogP contribution in [0.15, 0.2) is 24.3 Å². The number of carbonyl (C=O) groups excluding carboxylic acids is 1. The molecule has 2 aromatic rings. The van der Waals surface area contributed by atoms with Gasteiger partial charge in [0, 0.05) is 18.0 Å². The van der Waals surface area contributed by atoms with Crippen LogP contribution in [-0.2, 0) is 7.05 Å². The Hall–Kier alpha value is -1.77. The van der Waals surface area contributed by atoms with E-state index in [1.54, 1.807) is 0 Å². The van der Waals surface area contributed by atoms with E-state index in [1.807, 2.05) is 42.8 Å². The molecule has 0 bridgehead atoms. The molecule has 0 saturated carbocycles. The minimum Gasteiger partial charge on any atom is -0.364 e. The predicted molar refractivity (Wildman–Crippen MR) is 56.2 cm³/mol. The van der Waals surface area contributed by atoms with Crippen LogP contribution in [0.5, 0.6) is 0 Å². The molecule has 0 spiro atoms. The van der Waals surface area contributed by atoms with Crippen LogP contribution in [0.1, 0.15) is 16.1 Å². The van der Waals surface area contributed by atoms with Gasteiger partial charge in [0.1, 0.15) is 5.69 Å². The van der Waals surface area contributed by atoms with Crippen molar-refractivity contribution >= 4 is 16.8 Å². The number of aryl methyl sites for hydroxylation is 2. The molecule has 0 atom stereocenters. The lowest BCUT2D eigenvalue weighted by Gasteiger charge is -1.99. The van der Waals surface area contributed by atoms with Gasteiger partial charge in [-0.05, 0) is 24.6 Å². The Morgan fingerprint density at radius 1 is 1.43 bits per heavy atom. The van der Waals surface area contributed by atoms with Crippen LogP contribution in [0.2, 0.25) is 0 Å². The van der Waals surface area contributed by atoms with Crippen molar-refractivity contribution in [2.24, 2.45) is 12.8 Å². The van der Waals surface area contributed by atoms with Crippen LogP contribution in [0.3, 0.4) is 0 Å². The maximum Gasteiger partial charge on any atom is 0.265 e. The molecule has 1 aromatic heterocycles. The van der Waals surface area contributed by atoms with Crippen LogP contribution in [0.4, 0.5) is 0 Å².